The van der Waals surface area contributed by atoms with Gasteiger partial charge in [0.25, 0.3) is 5.91 Å². The highest BCUT2D eigenvalue weighted by Gasteiger charge is 2.39. The first-order valence-corrected chi connectivity index (χ1v) is 9.23. The van der Waals surface area contributed by atoms with Crippen LogP contribution < -0.4 is 5.32 Å². The number of nitrogens with one attached hydrogen (secondary N) is 1. The van der Waals surface area contributed by atoms with Crippen LogP contribution in [0.3, 0.4) is 0 Å². The number of imide groups is 1. The molecule has 6 heteroatoms. The van der Waals surface area contributed by atoms with Crippen molar-refractivity contribution >= 4 is 28.5 Å². The van der Waals surface area contributed by atoms with Crippen LogP contribution in [0.1, 0.15) is 28.8 Å². The fourth-order valence-corrected chi connectivity index (χ4v) is 4.07. The molecule has 5 rings (SSSR count). The predicted molar refractivity (Wildman–Crippen MR) is 103 cm³/mol. The second kappa shape index (κ2) is 6.27. The number of pyridine rings is 1. The first-order valence-electron chi connectivity index (χ1n) is 9.23. The zero-order valence-corrected chi connectivity index (χ0v) is 15.0. The molecular formula is C22H17N3O3. The van der Waals surface area contributed by atoms with E-state index in [1.54, 1.807) is 11.1 Å². The quantitative estimate of drug-likeness (QED) is 0.703. The van der Waals surface area contributed by atoms with Gasteiger partial charge in [-0.1, -0.05) is 30.3 Å². The van der Waals surface area contributed by atoms with E-state index >= 15 is 0 Å². The predicted octanol–water partition coefficient (Wildman–Crippen LogP) is 2.66. The Morgan fingerprint density at radius 3 is 2.75 bits per heavy atom. The molecule has 1 fully saturated rings. The average molecular weight is 371 g/mol. The third-order valence-electron chi connectivity index (χ3n) is 5.47. The molecule has 1 aromatic heterocycles. The summed E-state index contributed by atoms with van der Waals surface area (Å²) >= 11 is 0. The van der Waals surface area contributed by atoms with E-state index in [0.717, 1.165) is 27.6 Å². The Balaban J connectivity index is 1.51. The maximum Gasteiger partial charge on any atom is 0.255 e. The zero-order valence-electron chi connectivity index (χ0n) is 15.0. The van der Waals surface area contributed by atoms with Crippen LogP contribution in [0.4, 0.5) is 0 Å². The summed E-state index contributed by atoms with van der Waals surface area (Å²) in [4.78, 5) is 42.5. The van der Waals surface area contributed by atoms with E-state index < -0.39 is 11.9 Å². The smallest absolute Gasteiger partial charge is 0.255 e. The van der Waals surface area contributed by atoms with E-state index in [1.807, 2.05) is 48.5 Å². The molecule has 3 heterocycles. The van der Waals surface area contributed by atoms with Gasteiger partial charge in [0.1, 0.15) is 6.04 Å². The monoisotopic (exact) mass is 371 g/mol. The van der Waals surface area contributed by atoms with Crippen molar-refractivity contribution in [2.75, 3.05) is 0 Å². The molecule has 0 saturated carbocycles. The number of hydrogen-bond acceptors (Lipinski definition) is 4. The van der Waals surface area contributed by atoms with Gasteiger partial charge in [-0.3, -0.25) is 24.7 Å². The van der Waals surface area contributed by atoms with Gasteiger partial charge in [-0.15, -0.1) is 0 Å². The Kier molecular flexibility index (Phi) is 3.72. The molecule has 6 nitrogen and oxygen atoms in total. The molecule has 2 aliphatic rings. The minimum atomic E-state index is -0.600. The Labute approximate surface area is 161 Å². The molecule has 3 aromatic rings. The number of carbonyl (C=O) groups excluding carboxylic acids is 3. The van der Waals surface area contributed by atoms with Gasteiger partial charge in [0.2, 0.25) is 11.8 Å². The highest BCUT2D eigenvalue weighted by Crippen LogP contribution is 2.32. The van der Waals surface area contributed by atoms with Crippen molar-refractivity contribution in [2.45, 2.75) is 25.4 Å². The Bertz CT molecular complexity index is 1150. The Morgan fingerprint density at radius 2 is 1.89 bits per heavy atom. The molecule has 3 amide bonds. The van der Waals surface area contributed by atoms with Gasteiger partial charge in [-0.25, -0.2) is 0 Å². The van der Waals surface area contributed by atoms with E-state index in [4.69, 9.17) is 0 Å². The molecule has 1 atom stereocenters. The summed E-state index contributed by atoms with van der Waals surface area (Å²) in [6, 6.07) is 15.1. The number of benzene rings is 2. The van der Waals surface area contributed by atoms with Gasteiger partial charge < -0.3 is 4.90 Å². The van der Waals surface area contributed by atoms with Crippen LogP contribution in [0.15, 0.2) is 54.7 Å². The molecule has 2 aromatic carbocycles. The average Bonchev–Trinajstić information content (AvgIpc) is 3.03. The lowest BCUT2D eigenvalue weighted by molar-refractivity contribution is -0.136. The van der Waals surface area contributed by atoms with Crippen molar-refractivity contribution in [1.29, 1.82) is 0 Å². The maximum absolute atomic E-state index is 12.8. The number of fused-ring (bicyclic) bond motifs is 2. The van der Waals surface area contributed by atoms with E-state index in [9.17, 15) is 14.4 Å². The molecule has 0 spiro atoms. The number of amides is 3. The van der Waals surface area contributed by atoms with Gasteiger partial charge >= 0.3 is 0 Å². The van der Waals surface area contributed by atoms with Gasteiger partial charge in [-0.05, 0) is 35.6 Å². The second-order valence-electron chi connectivity index (χ2n) is 7.15. The zero-order chi connectivity index (χ0) is 19.3. The van der Waals surface area contributed by atoms with E-state index in [1.165, 1.54) is 0 Å². The normalized spacial score (nSPS) is 19.1. The van der Waals surface area contributed by atoms with E-state index in [0.29, 0.717) is 18.5 Å². The third kappa shape index (κ3) is 2.57. The molecule has 0 radical (unpaired) electrons. The lowest BCUT2D eigenvalue weighted by Gasteiger charge is -2.29. The van der Waals surface area contributed by atoms with Gasteiger partial charge in [0.15, 0.2) is 0 Å². The van der Waals surface area contributed by atoms with Crippen molar-refractivity contribution < 1.29 is 14.4 Å². The van der Waals surface area contributed by atoms with E-state index in [2.05, 4.69) is 10.3 Å². The molecule has 1 saturated heterocycles. The Morgan fingerprint density at radius 1 is 1.04 bits per heavy atom. The summed E-state index contributed by atoms with van der Waals surface area (Å²) in [7, 11) is 0. The molecule has 1 N–H and O–H groups in total. The van der Waals surface area contributed by atoms with Crippen molar-refractivity contribution in [3.63, 3.8) is 0 Å². The van der Waals surface area contributed by atoms with Gasteiger partial charge in [0, 0.05) is 35.7 Å². The maximum atomic E-state index is 12.8. The summed E-state index contributed by atoms with van der Waals surface area (Å²) in [5.41, 5.74) is 3.29. The fraction of sp³-hybridized carbons (Fsp3) is 0.182. The highest BCUT2D eigenvalue weighted by atomic mass is 16.2. The summed E-state index contributed by atoms with van der Waals surface area (Å²) in [6.45, 7) is 0.360. The lowest BCUT2D eigenvalue weighted by atomic mass is 10.00. The van der Waals surface area contributed by atoms with Crippen LogP contribution in [0.5, 0.6) is 0 Å². The largest absolute Gasteiger partial charge is 0.322 e. The summed E-state index contributed by atoms with van der Waals surface area (Å²) < 4.78 is 0. The van der Waals surface area contributed by atoms with Crippen molar-refractivity contribution in [3.8, 4) is 11.3 Å². The van der Waals surface area contributed by atoms with E-state index in [-0.39, 0.29) is 18.2 Å². The number of rotatable bonds is 2. The van der Waals surface area contributed by atoms with Crippen molar-refractivity contribution in [1.82, 2.24) is 15.2 Å². The van der Waals surface area contributed by atoms with Crippen LogP contribution >= 0.6 is 0 Å². The van der Waals surface area contributed by atoms with Crippen LogP contribution in [0.2, 0.25) is 0 Å². The summed E-state index contributed by atoms with van der Waals surface area (Å²) in [6.07, 6.45) is 2.40. The van der Waals surface area contributed by atoms with Crippen molar-refractivity contribution in [3.05, 3.63) is 65.9 Å². The minimum Gasteiger partial charge on any atom is -0.322 e. The first kappa shape index (κ1) is 16.6. The van der Waals surface area contributed by atoms with Crippen LogP contribution in [0, 0.1) is 0 Å². The topological polar surface area (TPSA) is 79.4 Å². The number of piperidine rings is 1. The Hall–Kier alpha value is -3.54. The van der Waals surface area contributed by atoms with Gasteiger partial charge in [0.05, 0.1) is 5.69 Å². The highest BCUT2D eigenvalue weighted by molar-refractivity contribution is 6.06. The summed E-state index contributed by atoms with van der Waals surface area (Å²) in [5, 5.41) is 4.49. The standard InChI is InChI=1S/C22H17N3O3/c26-19-8-7-18(21(27)24-19)25-12-15-11-14(5-6-17(15)22(25)28)20-16-4-2-1-3-13(16)9-10-23-20/h1-6,9-11,18H,7-8,12H2,(H,24,26,27). The van der Waals surface area contributed by atoms with Crippen LogP contribution in [-0.4, -0.2) is 33.6 Å². The SMILES string of the molecule is O=C1CCC(N2Cc3cc(-c4nccc5ccccc45)ccc3C2=O)C(=O)N1. The van der Waals surface area contributed by atoms with Gasteiger partial charge in [-0.2, -0.15) is 0 Å². The molecule has 2 aliphatic heterocycles. The number of nitrogens with zero attached hydrogens (tertiary/aromatic N) is 2. The third-order valence-corrected chi connectivity index (χ3v) is 5.47. The van der Waals surface area contributed by atoms with Crippen LogP contribution in [-0.2, 0) is 16.1 Å². The first-order chi connectivity index (χ1) is 13.6. The molecule has 28 heavy (non-hydrogen) atoms. The molecule has 0 aliphatic carbocycles. The number of carbonyl (C=O) groups is 3. The number of aromatic nitrogens is 1. The molecule has 1 unspecified atom stereocenters. The minimum absolute atomic E-state index is 0.165. The van der Waals surface area contributed by atoms with Crippen molar-refractivity contribution in [2.24, 2.45) is 0 Å². The number of hydrogen-bond donors (Lipinski definition) is 1. The second-order valence-corrected chi connectivity index (χ2v) is 7.15. The van der Waals surface area contributed by atoms with Crippen LogP contribution in [0.25, 0.3) is 22.0 Å². The molecular weight excluding hydrogens is 354 g/mol. The fourth-order valence-electron chi connectivity index (χ4n) is 4.07. The molecule has 0 bridgehead atoms. The summed E-state index contributed by atoms with van der Waals surface area (Å²) in [5.74, 6) is -0.843. The lowest BCUT2D eigenvalue weighted by Crippen LogP contribution is -2.52. The molecule has 138 valence electrons.